The number of methoxy groups -OCH3 is 1. The molecule has 0 saturated heterocycles. The SMILES string of the molecule is CCOC(=O)c1c(C)[nH]c(C(=O)Nc2cccc(NC(=O)OCCOC)c2)c1C. The minimum absolute atomic E-state index is 0.132. The maximum Gasteiger partial charge on any atom is 0.411 e. The first-order chi connectivity index (χ1) is 13.9. The van der Waals surface area contributed by atoms with Gasteiger partial charge in [-0.2, -0.15) is 0 Å². The fourth-order valence-electron chi connectivity index (χ4n) is 2.73. The van der Waals surface area contributed by atoms with Crippen molar-refractivity contribution in [2.24, 2.45) is 0 Å². The van der Waals surface area contributed by atoms with Crippen LogP contribution in [-0.4, -0.2) is 49.9 Å². The summed E-state index contributed by atoms with van der Waals surface area (Å²) in [5.74, 6) is -0.892. The van der Waals surface area contributed by atoms with E-state index in [0.29, 0.717) is 34.8 Å². The molecule has 0 atom stereocenters. The standard InChI is InChI=1S/C20H25N3O6/c1-5-28-19(25)16-12(2)17(21-13(16)3)18(24)22-14-7-6-8-15(11-14)23-20(26)29-10-9-27-4/h6-8,11,21H,5,9-10H2,1-4H3,(H,22,24)(H,23,26). The van der Waals surface area contributed by atoms with Gasteiger partial charge in [0, 0.05) is 24.2 Å². The number of anilines is 2. The van der Waals surface area contributed by atoms with Crippen molar-refractivity contribution in [3.63, 3.8) is 0 Å². The fraction of sp³-hybridized carbons (Fsp3) is 0.350. The van der Waals surface area contributed by atoms with Crippen LogP contribution in [0, 0.1) is 13.8 Å². The van der Waals surface area contributed by atoms with Gasteiger partial charge < -0.3 is 24.5 Å². The van der Waals surface area contributed by atoms with Crippen molar-refractivity contribution in [3.8, 4) is 0 Å². The number of esters is 1. The first kappa shape index (κ1) is 22.0. The number of aromatic nitrogens is 1. The average molecular weight is 403 g/mol. The number of aryl methyl sites for hydroxylation is 1. The molecule has 0 radical (unpaired) electrons. The topological polar surface area (TPSA) is 119 Å². The molecule has 2 amide bonds. The molecule has 0 fully saturated rings. The van der Waals surface area contributed by atoms with E-state index in [1.165, 1.54) is 7.11 Å². The molecule has 0 aliphatic carbocycles. The number of ether oxygens (including phenoxy) is 3. The molecule has 9 heteroatoms. The molecular weight excluding hydrogens is 378 g/mol. The summed E-state index contributed by atoms with van der Waals surface area (Å²) in [6, 6.07) is 6.61. The second kappa shape index (κ2) is 10.3. The summed E-state index contributed by atoms with van der Waals surface area (Å²) >= 11 is 0. The van der Waals surface area contributed by atoms with Gasteiger partial charge in [-0.1, -0.05) is 6.07 Å². The molecule has 0 aliphatic rings. The average Bonchev–Trinajstić information content (AvgIpc) is 2.97. The van der Waals surface area contributed by atoms with Crippen LogP contribution in [0.3, 0.4) is 0 Å². The van der Waals surface area contributed by atoms with Crippen LogP contribution in [0.5, 0.6) is 0 Å². The number of carbonyl (C=O) groups is 3. The Morgan fingerprint density at radius 1 is 1.03 bits per heavy atom. The Labute approximate surface area is 168 Å². The van der Waals surface area contributed by atoms with Gasteiger partial charge in [-0.05, 0) is 44.5 Å². The molecule has 29 heavy (non-hydrogen) atoms. The maximum absolute atomic E-state index is 12.7. The van der Waals surface area contributed by atoms with Crippen LogP contribution in [0.25, 0.3) is 0 Å². The van der Waals surface area contributed by atoms with Crippen molar-refractivity contribution in [1.82, 2.24) is 4.98 Å². The normalized spacial score (nSPS) is 10.3. The summed E-state index contributed by atoms with van der Waals surface area (Å²) in [7, 11) is 1.51. The van der Waals surface area contributed by atoms with Crippen molar-refractivity contribution < 1.29 is 28.6 Å². The Hall–Kier alpha value is -3.33. The number of nitrogens with one attached hydrogen (secondary N) is 3. The Morgan fingerprint density at radius 3 is 2.38 bits per heavy atom. The van der Waals surface area contributed by atoms with Gasteiger partial charge in [0.25, 0.3) is 5.91 Å². The van der Waals surface area contributed by atoms with Crippen LogP contribution < -0.4 is 10.6 Å². The third-order valence-electron chi connectivity index (χ3n) is 4.03. The molecule has 0 aliphatic heterocycles. The number of benzene rings is 1. The van der Waals surface area contributed by atoms with Gasteiger partial charge in [-0.3, -0.25) is 10.1 Å². The number of carbonyl (C=O) groups excluding carboxylic acids is 3. The summed E-state index contributed by atoms with van der Waals surface area (Å²) in [5, 5.41) is 5.31. The Kier molecular flexibility index (Phi) is 7.79. The molecule has 0 bridgehead atoms. The highest BCUT2D eigenvalue weighted by Gasteiger charge is 2.23. The molecule has 0 spiro atoms. The predicted octanol–water partition coefficient (Wildman–Crippen LogP) is 3.26. The van der Waals surface area contributed by atoms with Crippen LogP contribution in [0.1, 0.15) is 39.0 Å². The van der Waals surface area contributed by atoms with E-state index in [1.807, 2.05) is 0 Å². The fourth-order valence-corrected chi connectivity index (χ4v) is 2.73. The molecular formula is C20H25N3O6. The monoisotopic (exact) mass is 403 g/mol. The summed E-state index contributed by atoms with van der Waals surface area (Å²) in [6.07, 6.45) is -0.625. The summed E-state index contributed by atoms with van der Waals surface area (Å²) < 4.78 is 14.8. The lowest BCUT2D eigenvalue weighted by atomic mass is 10.1. The van der Waals surface area contributed by atoms with E-state index in [2.05, 4.69) is 15.6 Å². The number of H-pyrrole nitrogens is 1. The number of hydrogen-bond acceptors (Lipinski definition) is 6. The van der Waals surface area contributed by atoms with Crippen LogP contribution in [-0.2, 0) is 14.2 Å². The van der Waals surface area contributed by atoms with Crippen molar-refractivity contribution in [2.75, 3.05) is 37.6 Å². The zero-order valence-electron chi connectivity index (χ0n) is 16.9. The number of rotatable bonds is 8. The van der Waals surface area contributed by atoms with Crippen LogP contribution in [0.2, 0.25) is 0 Å². The Balaban J connectivity index is 2.09. The molecule has 0 saturated carbocycles. The maximum atomic E-state index is 12.7. The molecule has 0 unspecified atom stereocenters. The molecule has 2 rings (SSSR count). The molecule has 1 heterocycles. The lowest BCUT2D eigenvalue weighted by Gasteiger charge is -2.09. The van der Waals surface area contributed by atoms with E-state index in [1.54, 1.807) is 45.0 Å². The van der Waals surface area contributed by atoms with Crippen LogP contribution in [0.15, 0.2) is 24.3 Å². The molecule has 1 aromatic carbocycles. The van der Waals surface area contributed by atoms with Crippen molar-refractivity contribution in [1.29, 1.82) is 0 Å². The molecule has 3 N–H and O–H groups in total. The second-order valence-electron chi connectivity index (χ2n) is 6.13. The van der Waals surface area contributed by atoms with Gasteiger partial charge in [0.15, 0.2) is 0 Å². The van der Waals surface area contributed by atoms with E-state index in [0.717, 1.165) is 0 Å². The van der Waals surface area contributed by atoms with E-state index in [9.17, 15) is 14.4 Å². The largest absolute Gasteiger partial charge is 0.462 e. The Morgan fingerprint density at radius 2 is 1.72 bits per heavy atom. The molecule has 1 aromatic heterocycles. The third-order valence-corrected chi connectivity index (χ3v) is 4.03. The van der Waals surface area contributed by atoms with E-state index < -0.39 is 18.0 Å². The zero-order valence-corrected chi connectivity index (χ0v) is 16.9. The van der Waals surface area contributed by atoms with Gasteiger partial charge in [0.1, 0.15) is 12.3 Å². The third kappa shape index (κ3) is 5.82. The number of aromatic amines is 1. The van der Waals surface area contributed by atoms with Gasteiger partial charge in [-0.25, -0.2) is 9.59 Å². The highest BCUT2D eigenvalue weighted by atomic mass is 16.6. The van der Waals surface area contributed by atoms with E-state index >= 15 is 0 Å². The highest BCUT2D eigenvalue weighted by molar-refractivity contribution is 6.07. The molecule has 9 nitrogen and oxygen atoms in total. The predicted molar refractivity (Wildman–Crippen MR) is 107 cm³/mol. The summed E-state index contributed by atoms with van der Waals surface area (Å²) in [4.78, 5) is 39.4. The second-order valence-corrected chi connectivity index (χ2v) is 6.13. The lowest BCUT2D eigenvalue weighted by molar-refractivity contribution is 0.0525. The quantitative estimate of drug-likeness (QED) is 0.460. The van der Waals surface area contributed by atoms with Crippen LogP contribution >= 0.6 is 0 Å². The molecule has 2 aromatic rings. The number of hydrogen-bond donors (Lipinski definition) is 3. The van der Waals surface area contributed by atoms with E-state index in [4.69, 9.17) is 14.2 Å². The minimum atomic E-state index is -0.625. The lowest BCUT2D eigenvalue weighted by Crippen LogP contribution is -2.17. The van der Waals surface area contributed by atoms with E-state index in [-0.39, 0.29) is 18.9 Å². The molecule has 156 valence electrons. The number of amides is 2. The van der Waals surface area contributed by atoms with Gasteiger partial charge in [0.2, 0.25) is 0 Å². The highest BCUT2D eigenvalue weighted by Crippen LogP contribution is 2.21. The van der Waals surface area contributed by atoms with Crippen molar-refractivity contribution >= 4 is 29.3 Å². The zero-order chi connectivity index (χ0) is 21.4. The minimum Gasteiger partial charge on any atom is -0.462 e. The Bertz CT molecular complexity index is 890. The first-order valence-corrected chi connectivity index (χ1v) is 9.07. The van der Waals surface area contributed by atoms with Crippen molar-refractivity contribution in [2.45, 2.75) is 20.8 Å². The first-order valence-electron chi connectivity index (χ1n) is 9.07. The van der Waals surface area contributed by atoms with Crippen LogP contribution in [0.4, 0.5) is 16.2 Å². The summed E-state index contributed by atoms with van der Waals surface area (Å²) in [6.45, 7) is 5.78. The summed E-state index contributed by atoms with van der Waals surface area (Å²) in [5.41, 5.74) is 2.61. The van der Waals surface area contributed by atoms with Crippen molar-refractivity contribution in [3.05, 3.63) is 46.8 Å². The van der Waals surface area contributed by atoms with Gasteiger partial charge in [-0.15, -0.1) is 0 Å². The smallest absolute Gasteiger partial charge is 0.411 e. The van der Waals surface area contributed by atoms with Gasteiger partial charge >= 0.3 is 12.1 Å². The van der Waals surface area contributed by atoms with Gasteiger partial charge in [0.05, 0.1) is 18.8 Å².